The van der Waals surface area contributed by atoms with E-state index in [1.165, 1.54) is 47.9 Å². The number of alkyl halides is 1. The van der Waals surface area contributed by atoms with Crippen molar-refractivity contribution in [3.05, 3.63) is 70.8 Å². The van der Waals surface area contributed by atoms with Gasteiger partial charge in [-0.3, -0.25) is 0 Å². The zero-order valence-corrected chi connectivity index (χ0v) is 33.1. The molecule has 0 aliphatic rings. The van der Waals surface area contributed by atoms with Crippen LogP contribution in [0.15, 0.2) is 52.8 Å². The summed E-state index contributed by atoms with van der Waals surface area (Å²) in [4.78, 5) is 0. The minimum atomic E-state index is -1.55. The van der Waals surface area contributed by atoms with Gasteiger partial charge in [0.25, 0.3) is 0 Å². The third-order valence-corrected chi connectivity index (χ3v) is 18.3. The Morgan fingerprint density at radius 3 is 1.29 bits per heavy atom. The molecule has 0 saturated carbocycles. The van der Waals surface area contributed by atoms with Crippen LogP contribution in [0.25, 0.3) is 0 Å². The van der Waals surface area contributed by atoms with Gasteiger partial charge < -0.3 is 8.85 Å². The molecule has 0 saturated heterocycles. The Labute approximate surface area is 277 Å². The number of aryl methyl sites for hydroxylation is 3. The van der Waals surface area contributed by atoms with Gasteiger partial charge in [0.2, 0.25) is 0 Å². The van der Waals surface area contributed by atoms with E-state index < -0.39 is 16.6 Å². The Morgan fingerprint density at radius 2 is 0.976 bits per heavy atom. The summed E-state index contributed by atoms with van der Waals surface area (Å²) in [5, 5.41) is 1.58. The van der Waals surface area contributed by atoms with Gasteiger partial charge in [0.15, 0.2) is 16.6 Å². The van der Waals surface area contributed by atoms with Crippen molar-refractivity contribution < 1.29 is 8.85 Å². The van der Waals surface area contributed by atoms with Gasteiger partial charge in [-0.05, 0) is 98.4 Å². The molecular formula is C34H60BBrNO2SSi2. The Kier molecular flexibility index (Phi) is 20.3. The van der Waals surface area contributed by atoms with E-state index in [1.54, 1.807) is 0 Å². The zero-order valence-electron chi connectivity index (χ0n) is 28.6. The van der Waals surface area contributed by atoms with Gasteiger partial charge in [0, 0.05) is 18.5 Å². The summed E-state index contributed by atoms with van der Waals surface area (Å²) in [6, 6.07) is 17.8. The molecule has 8 heteroatoms. The standard InChI is InChI=1S/C17H29BrOSi.C17H30OSi.BHNS/c1-17(2,3)20(4,5)19-13-7-6-8-15-9-11-16(14-18)12-10-15;1-15-10-12-16(13-11-15)9-7-8-14-18-19(5,6)17(2,3)4;1-2-3/h9-12H,6-8,13-14H2,1-5H3;10-13H,7-9,14H2,1-6H3;3H. The summed E-state index contributed by atoms with van der Waals surface area (Å²) in [6.07, 6.45) is 7.08. The maximum atomic E-state index is 6.20. The van der Waals surface area contributed by atoms with Crippen molar-refractivity contribution in [3.63, 3.8) is 0 Å². The van der Waals surface area contributed by atoms with Gasteiger partial charge in [0.1, 0.15) is 0 Å². The number of nitrogens with zero attached hydrogens (tertiary/aromatic N) is 1. The van der Waals surface area contributed by atoms with Crippen molar-refractivity contribution in [2.45, 2.75) is 129 Å². The first kappa shape index (κ1) is 41.5. The summed E-state index contributed by atoms with van der Waals surface area (Å²) >= 11 is 6.67. The molecule has 0 heterocycles. The third kappa shape index (κ3) is 17.7. The van der Waals surface area contributed by atoms with Crippen molar-refractivity contribution in [2.24, 2.45) is 4.30 Å². The van der Waals surface area contributed by atoms with E-state index in [1.807, 2.05) is 0 Å². The second kappa shape index (κ2) is 20.5. The molecule has 2 rings (SSSR count). The van der Waals surface area contributed by atoms with E-state index in [0.29, 0.717) is 10.1 Å². The van der Waals surface area contributed by atoms with Crippen LogP contribution in [-0.2, 0) is 27.0 Å². The van der Waals surface area contributed by atoms with Crippen molar-refractivity contribution in [1.82, 2.24) is 0 Å². The molecule has 0 fully saturated rings. The predicted octanol–water partition coefficient (Wildman–Crippen LogP) is 11.4. The third-order valence-electron chi connectivity index (χ3n) is 8.56. The Morgan fingerprint density at radius 1 is 0.667 bits per heavy atom. The number of unbranched alkanes of at least 4 members (excludes halogenated alkanes) is 2. The van der Waals surface area contributed by atoms with Crippen molar-refractivity contribution >= 4 is 53.0 Å². The molecule has 2 aromatic rings. The molecule has 42 heavy (non-hydrogen) atoms. The van der Waals surface area contributed by atoms with Crippen LogP contribution in [0.5, 0.6) is 0 Å². The molecule has 3 nitrogen and oxygen atoms in total. The van der Waals surface area contributed by atoms with Crippen LogP contribution in [0.3, 0.4) is 0 Å². The van der Waals surface area contributed by atoms with E-state index in [2.05, 4.69) is 164 Å². The molecule has 1 radical (unpaired) electrons. The van der Waals surface area contributed by atoms with E-state index >= 15 is 0 Å². The Balaban J connectivity index is 0.000000732. The van der Waals surface area contributed by atoms with Crippen LogP contribution < -0.4 is 0 Å². The van der Waals surface area contributed by atoms with Gasteiger partial charge in [0.05, 0.1) is 0 Å². The first-order chi connectivity index (χ1) is 19.4. The molecule has 0 unspecified atom stereocenters. The second-order valence-corrected chi connectivity index (χ2v) is 24.6. The van der Waals surface area contributed by atoms with Gasteiger partial charge in [-0.2, -0.15) is 0 Å². The quantitative estimate of drug-likeness (QED) is 0.0980. The first-order valence-electron chi connectivity index (χ1n) is 15.4. The molecule has 237 valence electrons. The molecular weight excluding hydrogens is 633 g/mol. The SMILES string of the molecule is CC(C)(C)[Si](C)(C)OCCCCc1ccc(CBr)cc1.Cc1ccc(CCCCO[Si](C)(C)C(C)(C)C)cc1.[B]=NS. The van der Waals surface area contributed by atoms with E-state index in [4.69, 9.17) is 8.85 Å². The predicted molar refractivity (Wildman–Crippen MR) is 200 cm³/mol. The molecule has 0 spiro atoms. The monoisotopic (exact) mass is 692 g/mol. The van der Waals surface area contributed by atoms with E-state index in [9.17, 15) is 0 Å². The van der Waals surface area contributed by atoms with Crippen LogP contribution in [0, 0.1) is 6.92 Å². The van der Waals surface area contributed by atoms with Crippen LogP contribution >= 0.6 is 28.7 Å². The van der Waals surface area contributed by atoms with Gasteiger partial charge >= 0.3 is 24.8 Å². The van der Waals surface area contributed by atoms with Crippen LogP contribution in [0.1, 0.15) is 89.5 Å². The molecule has 0 amide bonds. The van der Waals surface area contributed by atoms with Gasteiger partial charge in [-0.15, -0.1) is 0 Å². The summed E-state index contributed by atoms with van der Waals surface area (Å²) in [7, 11) is 1.24. The average Bonchev–Trinajstić information content (AvgIpc) is 2.89. The number of hydrogen-bond acceptors (Lipinski definition) is 4. The molecule has 0 aromatic heterocycles. The van der Waals surface area contributed by atoms with Gasteiger partial charge in [-0.25, -0.2) is 0 Å². The summed E-state index contributed by atoms with van der Waals surface area (Å²) < 4.78 is 15.1. The molecule has 0 aliphatic carbocycles. The van der Waals surface area contributed by atoms with Crippen LogP contribution in [0.4, 0.5) is 0 Å². The minimum absolute atomic E-state index is 0.318. The fourth-order valence-corrected chi connectivity index (χ4v) is 6.05. The van der Waals surface area contributed by atoms with Crippen molar-refractivity contribution in [3.8, 4) is 0 Å². The molecule has 2 aromatic carbocycles. The first-order valence-corrected chi connectivity index (χ1v) is 22.8. The number of rotatable bonds is 13. The number of benzene rings is 2. The van der Waals surface area contributed by atoms with E-state index in [0.717, 1.165) is 31.4 Å². The summed E-state index contributed by atoms with van der Waals surface area (Å²) in [5.41, 5.74) is 5.56. The fraction of sp³-hybridized carbons (Fsp3) is 0.647. The summed E-state index contributed by atoms with van der Waals surface area (Å²) in [5.74, 6) is 0. The van der Waals surface area contributed by atoms with Gasteiger partial charge in [-0.1, -0.05) is 112 Å². The fourth-order valence-electron chi connectivity index (χ4n) is 3.50. The van der Waals surface area contributed by atoms with Crippen molar-refractivity contribution in [1.29, 1.82) is 0 Å². The van der Waals surface area contributed by atoms with E-state index in [-0.39, 0.29) is 0 Å². The molecule has 0 bridgehead atoms. The Bertz CT molecular complexity index is 989. The molecule has 0 N–H and O–H groups in total. The maximum absolute atomic E-state index is 6.20. The summed E-state index contributed by atoms with van der Waals surface area (Å²) in [6.45, 7) is 27.1. The normalized spacial score (nSPS) is 12.1. The Hall–Kier alpha value is -0.511. The average molecular weight is 694 g/mol. The number of halogens is 1. The topological polar surface area (TPSA) is 30.8 Å². The zero-order chi connectivity index (χ0) is 32.5. The number of hydrogen-bond donors (Lipinski definition) is 1. The van der Waals surface area contributed by atoms with Crippen LogP contribution in [-0.4, -0.2) is 37.5 Å². The van der Waals surface area contributed by atoms with Crippen LogP contribution in [0.2, 0.25) is 36.3 Å². The molecule has 0 aliphatic heterocycles. The molecule has 0 atom stereocenters. The van der Waals surface area contributed by atoms with Crippen molar-refractivity contribution in [2.75, 3.05) is 13.2 Å². The second-order valence-electron chi connectivity index (χ2n) is 14.2. The number of thiol groups is 1.